The van der Waals surface area contributed by atoms with Crippen molar-refractivity contribution in [1.29, 1.82) is 0 Å². The van der Waals surface area contributed by atoms with Crippen molar-refractivity contribution in [2.75, 3.05) is 22.1 Å². The monoisotopic (exact) mass is 652 g/mol. The number of nitrogens with one attached hydrogen (secondary N) is 2. The van der Waals surface area contributed by atoms with Gasteiger partial charge in [-0.1, -0.05) is 92.0 Å². The van der Waals surface area contributed by atoms with Crippen molar-refractivity contribution in [2.24, 2.45) is 7.05 Å². The summed E-state index contributed by atoms with van der Waals surface area (Å²) in [6, 6.07) is 28.3. The van der Waals surface area contributed by atoms with E-state index in [1.165, 1.54) is 51.2 Å². The van der Waals surface area contributed by atoms with Crippen LogP contribution in [-0.2, 0) is 23.1 Å². The van der Waals surface area contributed by atoms with Crippen molar-refractivity contribution < 1.29 is 9.59 Å². The molecule has 0 saturated heterocycles. The SMILES string of the molecule is CC(C)c1ccc(NC(=O)CSc2nc3ccc(NC(=O)CSc4nnc(Cc5ccc6ccccc6c5)n4C)cc3s2)cc1. The first-order valence-corrected chi connectivity index (χ1v) is 17.3. The second-order valence-electron chi connectivity index (χ2n) is 10.9. The maximum absolute atomic E-state index is 12.8. The number of benzene rings is 4. The molecule has 0 fully saturated rings. The fraction of sp³-hybridized carbons (Fsp3) is 0.206. The summed E-state index contributed by atoms with van der Waals surface area (Å²) in [6.45, 7) is 4.28. The average molecular weight is 653 g/mol. The molecule has 45 heavy (non-hydrogen) atoms. The van der Waals surface area contributed by atoms with Crippen LogP contribution < -0.4 is 10.6 Å². The maximum atomic E-state index is 12.8. The summed E-state index contributed by atoms with van der Waals surface area (Å²) in [7, 11) is 1.93. The number of carbonyl (C=O) groups is 2. The number of thiazole rings is 1. The first-order chi connectivity index (χ1) is 21.8. The highest BCUT2D eigenvalue weighted by atomic mass is 32.2. The molecule has 8 nitrogen and oxygen atoms in total. The van der Waals surface area contributed by atoms with Crippen molar-refractivity contribution in [3.05, 3.63) is 102 Å². The van der Waals surface area contributed by atoms with Gasteiger partial charge in [0.25, 0.3) is 0 Å². The van der Waals surface area contributed by atoms with E-state index < -0.39 is 0 Å². The summed E-state index contributed by atoms with van der Waals surface area (Å²) in [5.74, 6) is 1.55. The van der Waals surface area contributed by atoms with Crippen LogP contribution in [0.15, 0.2) is 94.4 Å². The lowest BCUT2D eigenvalue weighted by Gasteiger charge is -2.08. The summed E-state index contributed by atoms with van der Waals surface area (Å²) in [6.07, 6.45) is 0.660. The quantitative estimate of drug-likeness (QED) is 0.138. The van der Waals surface area contributed by atoms with Crippen molar-refractivity contribution in [1.82, 2.24) is 19.7 Å². The standard InChI is InChI=1S/C34H32N6O2S3/c1-21(2)23-10-12-26(13-11-23)35-32(42)20-44-34-37-28-15-14-27(18-29(28)45-34)36-31(41)19-43-33-39-38-30(40(33)3)17-22-8-9-24-6-4-5-7-25(24)16-22/h4-16,18,21H,17,19-20H2,1-3H3,(H,35,42)(H,36,41). The molecular formula is C34H32N6O2S3. The van der Waals surface area contributed by atoms with E-state index in [1.54, 1.807) is 0 Å². The second kappa shape index (κ2) is 13.8. The molecule has 0 spiro atoms. The highest BCUT2D eigenvalue weighted by Gasteiger charge is 2.14. The average Bonchev–Trinajstić information content (AvgIpc) is 3.61. The Morgan fingerprint density at radius 1 is 0.822 bits per heavy atom. The number of thioether (sulfide) groups is 2. The molecule has 0 aliphatic heterocycles. The van der Waals surface area contributed by atoms with Gasteiger partial charge < -0.3 is 15.2 Å². The molecule has 2 N–H and O–H groups in total. The van der Waals surface area contributed by atoms with Gasteiger partial charge in [-0.2, -0.15) is 0 Å². The molecular weight excluding hydrogens is 621 g/mol. The van der Waals surface area contributed by atoms with Gasteiger partial charge in [-0.25, -0.2) is 4.98 Å². The van der Waals surface area contributed by atoms with Crippen LogP contribution in [0.25, 0.3) is 21.0 Å². The summed E-state index contributed by atoms with van der Waals surface area (Å²) < 4.78 is 3.69. The highest BCUT2D eigenvalue weighted by molar-refractivity contribution is 8.01. The van der Waals surface area contributed by atoms with E-state index in [9.17, 15) is 9.59 Å². The molecule has 11 heteroatoms. The molecule has 2 amide bonds. The third-order valence-corrected chi connectivity index (χ3v) is 10.5. The van der Waals surface area contributed by atoms with Crippen molar-refractivity contribution in [2.45, 2.75) is 35.7 Å². The van der Waals surface area contributed by atoms with Crippen LogP contribution in [0, 0.1) is 0 Å². The van der Waals surface area contributed by atoms with Gasteiger partial charge in [-0.15, -0.1) is 21.5 Å². The predicted molar refractivity (Wildman–Crippen MR) is 187 cm³/mol. The van der Waals surface area contributed by atoms with Gasteiger partial charge in [0, 0.05) is 24.8 Å². The van der Waals surface area contributed by atoms with Gasteiger partial charge in [0.1, 0.15) is 5.82 Å². The predicted octanol–water partition coefficient (Wildman–Crippen LogP) is 7.75. The molecule has 0 aliphatic carbocycles. The number of hydrogen-bond acceptors (Lipinski definition) is 8. The summed E-state index contributed by atoms with van der Waals surface area (Å²) in [5.41, 5.74) is 4.71. The van der Waals surface area contributed by atoms with E-state index in [0.717, 1.165) is 31.6 Å². The first kappa shape index (κ1) is 30.8. The summed E-state index contributed by atoms with van der Waals surface area (Å²) in [5, 5.41) is 17.7. The Morgan fingerprint density at radius 3 is 2.31 bits per heavy atom. The summed E-state index contributed by atoms with van der Waals surface area (Å²) >= 11 is 4.26. The molecule has 2 heterocycles. The van der Waals surface area contributed by atoms with Crippen LogP contribution in [0.4, 0.5) is 11.4 Å². The Bertz CT molecular complexity index is 1980. The minimum absolute atomic E-state index is 0.0780. The van der Waals surface area contributed by atoms with E-state index in [2.05, 4.69) is 70.0 Å². The van der Waals surface area contributed by atoms with Crippen molar-refractivity contribution in [3.63, 3.8) is 0 Å². The molecule has 0 unspecified atom stereocenters. The molecule has 2 aromatic heterocycles. The minimum Gasteiger partial charge on any atom is -0.325 e. The van der Waals surface area contributed by atoms with Gasteiger partial charge >= 0.3 is 0 Å². The third-order valence-electron chi connectivity index (χ3n) is 7.27. The number of fused-ring (bicyclic) bond motifs is 2. The van der Waals surface area contributed by atoms with Crippen LogP contribution in [0.2, 0.25) is 0 Å². The fourth-order valence-corrected chi connectivity index (χ4v) is 7.44. The zero-order chi connectivity index (χ0) is 31.3. The molecule has 228 valence electrons. The lowest BCUT2D eigenvalue weighted by Crippen LogP contribution is -2.14. The topological polar surface area (TPSA) is 102 Å². The normalized spacial score (nSPS) is 11.4. The van der Waals surface area contributed by atoms with Crippen molar-refractivity contribution >= 4 is 79.0 Å². The van der Waals surface area contributed by atoms with E-state index in [1.807, 2.05) is 66.2 Å². The van der Waals surface area contributed by atoms with Crippen molar-refractivity contribution in [3.8, 4) is 0 Å². The number of anilines is 2. The lowest BCUT2D eigenvalue weighted by atomic mass is 10.0. The van der Waals surface area contributed by atoms with Gasteiger partial charge in [-0.05, 0) is 58.1 Å². The molecule has 0 radical (unpaired) electrons. The van der Waals surface area contributed by atoms with E-state index >= 15 is 0 Å². The Morgan fingerprint density at radius 2 is 1.53 bits per heavy atom. The molecule has 0 bridgehead atoms. The number of carbonyl (C=O) groups excluding carboxylic acids is 2. The molecule has 6 aromatic rings. The Labute approximate surface area is 274 Å². The molecule has 0 aliphatic rings. The van der Waals surface area contributed by atoms with E-state index in [4.69, 9.17) is 0 Å². The molecule has 0 saturated carbocycles. The smallest absolute Gasteiger partial charge is 0.234 e. The third kappa shape index (κ3) is 7.73. The van der Waals surface area contributed by atoms with E-state index in [0.29, 0.717) is 23.2 Å². The highest BCUT2D eigenvalue weighted by Crippen LogP contribution is 2.31. The maximum Gasteiger partial charge on any atom is 0.234 e. The first-order valence-electron chi connectivity index (χ1n) is 14.5. The zero-order valence-electron chi connectivity index (χ0n) is 25.1. The number of nitrogens with zero attached hydrogens (tertiary/aromatic N) is 4. The zero-order valence-corrected chi connectivity index (χ0v) is 27.6. The Balaban J connectivity index is 0.996. The number of hydrogen-bond donors (Lipinski definition) is 2. The van der Waals surface area contributed by atoms with Gasteiger partial charge in [0.05, 0.1) is 21.7 Å². The number of rotatable bonds is 11. The second-order valence-corrected chi connectivity index (χ2v) is 14.1. The number of aromatic nitrogens is 4. The fourth-order valence-electron chi connectivity index (χ4n) is 4.80. The lowest BCUT2D eigenvalue weighted by molar-refractivity contribution is -0.114. The summed E-state index contributed by atoms with van der Waals surface area (Å²) in [4.78, 5) is 29.9. The van der Waals surface area contributed by atoms with E-state index in [-0.39, 0.29) is 23.3 Å². The largest absolute Gasteiger partial charge is 0.325 e. The Hall–Kier alpha value is -4.19. The molecule has 6 rings (SSSR count). The van der Waals surface area contributed by atoms with Crippen LogP contribution in [0.3, 0.4) is 0 Å². The van der Waals surface area contributed by atoms with Gasteiger partial charge in [0.15, 0.2) is 9.50 Å². The van der Waals surface area contributed by atoms with Crippen LogP contribution >= 0.6 is 34.9 Å². The van der Waals surface area contributed by atoms with Gasteiger partial charge in [-0.3, -0.25) is 9.59 Å². The van der Waals surface area contributed by atoms with Crippen LogP contribution in [-0.4, -0.2) is 43.1 Å². The molecule has 0 atom stereocenters. The number of amides is 2. The van der Waals surface area contributed by atoms with Crippen LogP contribution in [0.1, 0.15) is 36.7 Å². The van der Waals surface area contributed by atoms with Crippen LogP contribution in [0.5, 0.6) is 0 Å². The van der Waals surface area contributed by atoms with Gasteiger partial charge in [0.2, 0.25) is 11.8 Å². The molecule has 4 aromatic carbocycles. The Kier molecular flexibility index (Phi) is 9.48. The minimum atomic E-state index is -0.129.